The van der Waals surface area contributed by atoms with Gasteiger partial charge in [-0.25, -0.2) is 0 Å². The van der Waals surface area contributed by atoms with Gasteiger partial charge >= 0.3 is 165 Å². The minimum Gasteiger partial charge on any atom is -0.0654 e. The van der Waals surface area contributed by atoms with E-state index in [1.54, 1.807) is 0 Å². The van der Waals surface area contributed by atoms with Gasteiger partial charge in [0.05, 0.1) is 0 Å². The Hall–Kier alpha value is 0.120. The molecule has 0 aromatic carbocycles. The van der Waals surface area contributed by atoms with E-state index in [0.29, 0.717) is 6.61 Å². The van der Waals surface area contributed by atoms with E-state index in [-0.39, 0.29) is 5.97 Å². The van der Waals surface area contributed by atoms with Crippen LogP contribution in [0.2, 0.25) is 0 Å². The average molecular weight is 494 g/mol. The number of halogens is 1. The predicted octanol–water partition coefficient (Wildman–Crippen LogP) is 9.10. The van der Waals surface area contributed by atoms with Crippen LogP contribution in [0.3, 0.4) is 0 Å². The van der Waals surface area contributed by atoms with E-state index in [9.17, 15) is 4.79 Å². The number of carbonyl (C=O) groups is 1. The summed E-state index contributed by atoms with van der Waals surface area (Å²) < 4.78 is 5.29. The van der Waals surface area contributed by atoms with Gasteiger partial charge < -0.3 is 0 Å². The fourth-order valence-corrected chi connectivity index (χ4v) is 8.79. The van der Waals surface area contributed by atoms with Crippen molar-refractivity contribution in [1.82, 2.24) is 0 Å². The molecule has 0 aliphatic rings. The second-order valence-corrected chi connectivity index (χ2v) is 20.7. The van der Waals surface area contributed by atoms with Gasteiger partial charge in [0.25, 0.3) is 0 Å². The molecule has 0 unspecified atom stereocenters. The number of rotatable bonds is 21. The van der Waals surface area contributed by atoms with Crippen molar-refractivity contribution < 1.29 is 9.53 Å². The van der Waals surface area contributed by atoms with Gasteiger partial charge in [0.2, 0.25) is 0 Å². The second-order valence-electron chi connectivity index (χ2n) is 8.87. The molecule has 0 atom stereocenters. The van der Waals surface area contributed by atoms with Crippen molar-refractivity contribution in [3.05, 3.63) is 12.7 Å². The Morgan fingerprint density at radius 3 is 1.55 bits per heavy atom. The van der Waals surface area contributed by atoms with Crippen LogP contribution < -0.4 is 0 Å². The predicted molar refractivity (Wildman–Crippen MR) is 138 cm³/mol. The van der Waals surface area contributed by atoms with E-state index in [1.807, 2.05) is 0 Å². The molecule has 0 rings (SSSR count). The Balaban J connectivity index is 3.78. The molecule has 29 heavy (non-hydrogen) atoms. The van der Waals surface area contributed by atoms with Gasteiger partial charge in [-0.3, -0.25) is 0 Å². The number of hydrogen-bond donors (Lipinski definition) is 0. The molecule has 0 N–H and O–H groups in total. The third-order valence-electron chi connectivity index (χ3n) is 6.71. The first-order valence-corrected chi connectivity index (χ1v) is 17.4. The number of unbranched alkanes of at least 4 members (excludes halogenated alkanes) is 13. The van der Waals surface area contributed by atoms with Crippen LogP contribution in [0.25, 0.3) is 0 Å². The molecule has 2 nitrogen and oxygen atoms in total. The van der Waals surface area contributed by atoms with Crippen molar-refractivity contribution in [2.45, 2.75) is 111 Å². The molecule has 0 spiro atoms. The first kappa shape index (κ1) is 29.1. The van der Waals surface area contributed by atoms with Crippen LogP contribution in [0.4, 0.5) is 0 Å². The standard InChI is InChI=1S/C25H50BrO2P/c1-5-9-10-11-12-13-14-15-16-17-18-19-20-21-23-29(26,7-3,8-4)24-22-28-25(27)6-2/h6H,2,5,7-24H2,1,3-4H3. The SMILES string of the molecule is C=CC(=O)OCCP(Br)(CC)(CC)CCCCCCCCCCCCCCCC. The molecule has 0 aliphatic heterocycles. The zero-order chi connectivity index (χ0) is 21.9. The van der Waals surface area contributed by atoms with Crippen LogP contribution >= 0.6 is 20.8 Å². The van der Waals surface area contributed by atoms with Crippen LogP contribution in [0.1, 0.15) is 111 Å². The van der Waals surface area contributed by atoms with Crippen molar-refractivity contribution in [2.24, 2.45) is 0 Å². The number of carbonyl (C=O) groups excluding carboxylic acids is 1. The van der Waals surface area contributed by atoms with E-state index >= 15 is 0 Å². The van der Waals surface area contributed by atoms with Gasteiger partial charge in [-0.1, -0.05) is 26.2 Å². The molecule has 0 saturated carbocycles. The monoisotopic (exact) mass is 492 g/mol. The second kappa shape index (κ2) is 17.8. The Labute approximate surface area is 190 Å². The molecular weight excluding hydrogens is 443 g/mol. The van der Waals surface area contributed by atoms with E-state index in [0.717, 1.165) is 6.16 Å². The summed E-state index contributed by atoms with van der Waals surface area (Å²) in [5.74, 6) is -0.300. The van der Waals surface area contributed by atoms with Crippen LogP contribution in [0.15, 0.2) is 12.7 Å². The van der Waals surface area contributed by atoms with Crippen molar-refractivity contribution in [2.75, 3.05) is 31.3 Å². The van der Waals surface area contributed by atoms with Crippen molar-refractivity contribution in [1.29, 1.82) is 0 Å². The minimum atomic E-state index is -1.91. The maximum absolute atomic E-state index is 11.3. The molecule has 0 fully saturated rings. The average Bonchev–Trinajstić information content (AvgIpc) is 2.74. The number of hydrogen-bond acceptors (Lipinski definition) is 2. The first-order valence-electron chi connectivity index (χ1n) is 12.4. The molecule has 0 bridgehead atoms. The van der Waals surface area contributed by atoms with Crippen LogP contribution in [0.5, 0.6) is 0 Å². The van der Waals surface area contributed by atoms with Gasteiger partial charge in [0, 0.05) is 0 Å². The molecule has 0 aliphatic carbocycles. The van der Waals surface area contributed by atoms with E-state index in [2.05, 4.69) is 42.8 Å². The Kier molecular flexibility index (Phi) is 17.8. The van der Waals surface area contributed by atoms with Crippen LogP contribution in [-0.2, 0) is 9.53 Å². The van der Waals surface area contributed by atoms with E-state index < -0.39 is 5.31 Å². The zero-order valence-corrected chi connectivity index (χ0v) is 22.3. The molecular formula is C25H50BrO2P. The molecule has 4 heteroatoms. The van der Waals surface area contributed by atoms with Gasteiger partial charge in [-0.2, -0.15) is 0 Å². The van der Waals surface area contributed by atoms with Crippen LogP contribution in [-0.4, -0.2) is 37.2 Å². The summed E-state index contributed by atoms with van der Waals surface area (Å²) in [6.45, 7) is 10.9. The van der Waals surface area contributed by atoms with Crippen LogP contribution in [0, 0.1) is 0 Å². The molecule has 0 heterocycles. The summed E-state index contributed by atoms with van der Waals surface area (Å²) in [5.41, 5.74) is 0. The van der Waals surface area contributed by atoms with Gasteiger partial charge in [-0.05, 0) is 0 Å². The van der Waals surface area contributed by atoms with Crippen molar-refractivity contribution in [3.8, 4) is 0 Å². The summed E-state index contributed by atoms with van der Waals surface area (Å²) >= 11 is 4.21. The summed E-state index contributed by atoms with van der Waals surface area (Å²) in [4.78, 5) is 11.3. The third kappa shape index (κ3) is 14.7. The third-order valence-corrected chi connectivity index (χ3v) is 17.7. The Morgan fingerprint density at radius 1 is 0.759 bits per heavy atom. The normalized spacial score (nSPS) is 13.0. The maximum atomic E-state index is 11.3. The Bertz CT molecular complexity index is 421. The Morgan fingerprint density at radius 2 is 1.17 bits per heavy atom. The van der Waals surface area contributed by atoms with Gasteiger partial charge in [0.15, 0.2) is 0 Å². The summed E-state index contributed by atoms with van der Waals surface area (Å²) in [7, 11) is 0. The number of esters is 1. The van der Waals surface area contributed by atoms with Gasteiger partial charge in [-0.15, -0.1) is 0 Å². The zero-order valence-electron chi connectivity index (χ0n) is 19.9. The van der Waals surface area contributed by atoms with E-state index in [4.69, 9.17) is 4.74 Å². The fraction of sp³-hybridized carbons (Fsp3) is 0.880. The molecule has 0 aromatic heterocycles. The fourth-order valence-electron chi connectivity index (χ4n) is 4.10. The quantitative estimate of drug-likeness (QED) is 0.0690. The van der Waals surface area contributed by atoms with E-state index in [1.165, 1.54) is 114 Å². The molecule has 0 saturated heterocycles. The number of ether oxygens (including phenoxy) is 1. The topological polar surface area (TPSA) is 26.3 Å². The van der Waals surface area contributed by atoms with Crippen molar-refractivity contribution in [3.63, 3.8) is 0 Å². The summed E-state index contributed by atoms with van der Waals surface area (Å²) in [6.07, 6.45) is 25.5. The van der Waals surface area contributed by atoms with Gasteiger partial charge in [0.1, 0.15) is 0 Å². The molecule has 0 radical (unpaired) electrons. The first-order chi connectivity index (χ1) is 13.9. The summed E-state index contributed by atoms with van der Waals surface area (Å²) in [6, 6.07) is 0. The summed E-state index contributed by atoms with van der Waals surface area (Å²) in [5, 5.41) is -1.91. The van der Waals surface area contributed by atoms with Crippen molar-refractivity contribution >= 4 is 26.8 Å². The minimum absolute atomic E-state index is 0.300. The molecule has 0 aromatic rings. The molecule has 174 valence electrons. The smallest absolute Gasteiger partial charge is 0.0654 e. The molecule has 0 amide bonds.